The van der Waals surface area contributed by atoms with E-state index in [2.05, 4.69) is 17.2 Å². The lowest BCUT2D eigenvalue weighted by molar-refractivity contribution is 0.151. The van der Waals surface area contributed by atoms with Crippen LogP contribution in [0.1, 0.15) is 18.4 Å². The summed E-state index contributed by atoms with van der Waals surface area (Å²) in [6.45, 7) is 0. The molecular weight excluding hydrogens is 226 g/mol. The molecule has 1 fully saturated rings. The maximum atomic E-state index is 9.88. The van der Waals surface area contributed by atoms with Crippen LogP contribution in [-0.2, 0) is 13.5 Å². The van der Waals surface area contributed by atoms with Crippen LogP contribution in [0.2, 0.25) is 0 Å². The average molecular weight is 243 g/mol. The minimum absolute atomic E-state index is 0.434. The average Bonchev–Trinajstić information content (AvgIpc) is 2.97. The van der Waals surface area contributed by atoms with Crippen LogP contribution in [0, 0.1) is 0 Å². The van der Waals surface area contributed by atoms with Crippen LogP contribution in [0.4, 0.5) is 5.82 Å². The Hall–Kier alpha value is -1.81. The Morgan fingerprint density at radius 2 is 2.00 bits per heavy atom. The van der Waals surface area contributed by atoms with Gasteiger partial charge < -0.3 is 10.8 Å². The number of nitrogens with zero attached hydrogens (tertiary/aromatic N) is 2. The van der Waals surface area contributed by atoms with Crippen LogP contribution >= 0.6 is 0 Å². The van der Waals surface area contributed by atoms with Gasteiger partial charge in [-0.05, 0) is 18.4 Å². The molecule has 94 valence electrons. The molecule has 2 aromatic rings. The van der Waals surface area contributed by atoms with E-state index in [0.29, 0.717) is 5.82 Å². The second kappa shape index (κ2) is 3.85. The summed E-state index contributed by atoms with van der Waals surface area (Å²) in [5.41, 5.74) is 8.43. The normalized spacial score (nSPS) is 16.8. The number of aryl methyl sites for hydroxylation is 1. The van der Waals surface area contributed by atoms with Gasteiger partial charge in [0.25, 0.3) is 0 Å². The third kappa shape index (κ3) is 2.11. The Morgan fingerprint density at radius 3 is 2.50 bits per heavy atom. The van der Waals surface area contributed by atoms with E-state index < -0.39 is 5.60 Å². The molecule has 3 N–H and O–H groups in total. The molecule has 0 saturated heterocycles. The van der Waals surface area contributed by atoms with Crippen LogP contribution in [0.25, 0.3) is 11.3 Å². The highest BCUT2D eigenvalue weighted by Gasteiger charge is 2.39. The molecule has 0 spiro atoms. The Kier molecular flexibility index (Phi) is 2.41. The molecule has 0 aliphatic heterocycles. The third-order valence-electron chi connectivity index (χ3n) is 3.53. The van der Waals surface area contributed by atoms with Gasteiger partial charge in [-0.1, -0.05) is 24.3 Å². The summed E-state index contributed by atoms with van der Waals surface area (Å²) in [4.78, 5) is 0. The van der Waals surface area contributed by atoms with Crippen LogP contribution in [-0.4, -0.2) is 20.5 Å². The van der Waals surface area contributed by atoms with Crippen molar-refractivity contribution in [1.82, 2.24) is 9.78 Å². The first-order valence-electron chi connectivity index (χ1n) is 6.17. The summed E-state index contributed by atoms with van der Waals surface area (Å²) in [6.07, 6.45) is 2.59. The van der Waals surface area contributed by atoms with Crippen molar-refractivity contribution in [2.24, 2.45) is 7.05 Å². The molecule has 0 unspecified atom stereocenters. The van der Waals surface area contributed by atoms with Crippen molar-refractivity contribution in [3.8, 4) is 11.3 Å². The Morgan fingerprint density at radius 1 is 1.33 bits per heavy atom. The molecule has 1 aromatic heterocycles. The first-order valence-corrected chi connectivity index (χ1v) is 6.17. The van der Waals surface area contributed by atoms with Gasteiger partial charge in [0.05, 0.1) is 11.3 Å². The van der Waals surface area contributed by atoms with Gasteiger partial charge in [-0.2, -0.15) is 5.10 Å². The van der Waals surface area contributed by atoms with Gasteiger partial charge in [-0.3, -0.25) is 4.68 Å². The fraction of sp³-hybridized carbons (Fsp3) is 0.357. The number of nitrogens with two attached hydrogens (primary N) is 1. The molecule has 4 nitrogen and oxygen atoms in total. The number of hydrogen-bond donors (Lipinski definition) is 2. The standard InChI is InChI=1S/C14H17N3O/c1-17-13(15)8-12(16-17)11-4-2-10(3-5-11)9-14(18)6-7-14/h2-5,8,18H,6-7,9,15H2,1H3. The fourth-order valence-corrected chi connectivity index (χ4v) is 2.12. The first kappa shape index (κ1) is 11.3. The van der Waals surface area contributed by atoms with E-state index in [1.54, 1.807) is 4.68 Å². The molecule has 1 aromatic carbocycles. The van der Waals surface area contributed by atoms with E-state index in [1.807, 2.05) is 25.2 Å². The second-order valence-electron chi connectivity index (χ2n) is 5.18. The van der Waals surface area contributed by atoms with E-state index in [1.165, 1.54) is 5.56 Å². The Bertz CT molecular complexity index is 548. The van der Waals surface area contributed by atoms with Crippen molar-refractivity contribution < 1.29 is 5.11 Å². The number of anilines is 1. The molecule has 1 aliphatic rings. The first-order chi connectivity index (χ1) is 8.56. The van der Waals surface area contributed by atoms with Crippen molar-refractivity contribution in [2.45, 2.75) is 24.9 Å². The molecule has 4 heteroatoms. The molecule has 0 radical (unpaired) electrons. The third-order valence-corrected chi connectivity index (χ3v) is 3.53. The number of nitrogen functional groups attached to an aromatic ring is 1. The minimum Gasteiger partial charge on any atom is -0.390 e. The summed E-state index contributed by atoms with van der Waals surface area (Å²) in [6, 6.07) is 10.0. The highest BCUT2D eigenvalue weighted by atomic mass is 16.3. The number of hydrogen-bond acceptors (Lipinski definition) is 3. The minimum atomic E-state index is -0.434. The Labute approximate surface area is 106 Å². The van der Waals surface area contributed by atoms with Gasteiger partial charge in [0.15, 0.2) is 0 Å². The lowest BCUT2D eigenvalue weighted by Gasteiger charge is -2.07. The van der Waals surface area contributed by atoms with Crippen molar-refractivity contribution in [3.05, 3.63) is 35.9 Å². The zero-order valence-electron chi connectivity index (χ0n) is 10.4. The largest absolute Gasteiger partial charge is 0.390 e. The SMILES string of the molecule is Cn1nc(-c2ccc(CC3(O)CC3)cc2)cc1N. The van der Waals surface area contributed by atoms with Crippen LogP contribution in [0.3, 0.4) is 0 Å². The van der Waals surface area contributed by atoms with Crippen LogP contribution in [0.15, 0.2) is 30.3 Å². The zero-order valence-corrected chi connectivity index (χ0v) is 10.4. The van der Waals surface area contributed by atoms with Crippen molar-refractivity contribution in [2.75, 3.05) is 5.73 Å². The van der Waals surface area contributed by atoms with Gasteiger partial charge in [0, 0.05) is 25.1 Å². The summed E-state index contributed by atoms with van der Waals surface area (Å²) >= 11 is 0. The number of benzene rings is 1. The number of aliphatic hydroxyl groups is 1. The van der Waals surface area contributed by atoms with Crippen LogP contribution < -0.4 is 5.73 Å². The van der Waals surface area contributed by atoms with E-state index >= 15 is 0 Å². The highest BCUT2D eigenvalue weighted by Crippen LogP contribution is 2.38. The highest BCUT2D eigenvalue weighted by molar-refractivity contribution is 5.62. The maximum Gasteiger partial charge on any atom is 0.121 e. The molecule has 18 heavy (non-hydrogen) atoms. The topological polar surface area (TPSA) is 64.1 Å². The number of aromatic nitrogens is 2. The van der Waals surface area contributed by atoms with E-state index in [4.69, 9.17) is 5.73 Å². The fourth-order valence-electron chi connectivity index (χ4n) is 2.12. The molecular formula is C14H17N3O. The predicted molar refractivity (Wildman–Crippen MR) is 70.9 cm³/mol. The zero-order chi connectivity index (χ0) is 12.8. The molecule has 1 saturated carbocycles. The second-order valence-corrected chi connectivity index (χ2v) is 5.18. The monoisotopic (exact) mass is 243 g/mol. The van der Waals surface area contributed by atoms with Gasteiger partial charge in [0.2, 0.25) is 0 Å². The van der Waals surface area contributed by atoms with E-state index in [0.717, 1.165) is 30.5 Å². The number of rotatable bonds is 3. The van der Waals surface area contributed by atoms with E-state index in [-0.39, 0.29) is 0 Å². The van der Waals surface area contributed by atoms with Crippen molar-refractivity contribution in [1.29, 1.82) is 0 Å². The molecule has 1 heterocycles. The van der Waals surface area contributed by atoms with E-state index in [9.17, 15) is 5.11 Å². The molecule has 3 rings (SSSR count). The van der Waals surface area contributed by atoms with Gasteiger partial charge in [0.1, 0.15) is 5.82 Å². The summed E-state index contributed by atoms with van der Waals surface area (Å²) in [7, 11) is 1.83. The van der Waals surface area contributed by atoms with Crippen molar-refractivity contribution >= 4 is 5.82 Å². The molecule has 1 aliphatic carbocycles. The molecule has 0 amide bonds. The maximum absolute atomic E-state index is 9.88. The lowest BCUT2D eigenvalue weighted by Crippen LogP contribution is -2.10. The molecule has 0 bridgehead atoms. The van der Waals surface area contributed by atoms with Gasteiger partial charge in [-0.25, -0.2) is 0 Å². The quantitative estimate of drug-likeness (QED) is 0.863. The van der Waals surface area contributed by atoms with Gasteiger partial charge >= 0.3 is 0 Å². The smallest absolute Gasteiger partial charge is 0.121 e. The molecule has 0 atom stereocenters. The van der Waals surface area contributed by atoms with Gasteiger partial charge in [-0.15, -0.1) is 0 Å². The lowest BCUT2D eigenvalue weighted by atomic mass is 10.0. The Balaban J connectivity index is 1.82. The summed E-state index contributed by atoms with van der Waals surface area (Å²) in [5, 5.41) is 14.2. The van der Waals surface area contributed by atoms with Crippen LogP contribution in [0.5, 0.6) is 0 Å². The van der Waals surface area contributed by atoms with Crippen molar-refractivity contribution in [3.63, 3.8) is 0 Å². The summed E-state index contributed by atoms with van der Waals surface area (Å²) < 4.78 is 1.66. The predicted octanol–water partition coefficient (Wildman–Crippen LogP) is 1.74. The summed E-state index contributed by atoms with van der Waals surface area (Å²) in [5.74, 6) is 0.654.